The predicted molar refractivity (Wildman–Crippen MR) is 84.3 cm³/mol. The lowest BCUT2D eigenvalue weighted by Crippen LogP contribution is -2.46. The first kappa shape index (κ1) is 12.8. The Morgan fingerprint density at radius 3 is 2.40 bits per heavy atom. The van der Waals surface area contributed by atoms with Gasteiger partial charge in [0.2, 0.25) is 0 Å². The second kappa shape index (κ2) is 5.41. The monoisotopic (exact) mass is 268 g/mol. The molecule has 0 radical (unpaired) electrons. The summed E-state index contributed by atoms with van der Waals surface area (Å²) in [5.41, 5.74) is 9.02. The van der Waals surface area contributed by atoms with Gasteiger partial charge < -0.3 is 15.5 Å². The molecule has 4 heteroatoms. The predicted octanol–water partition coefficient (Wildman–Crippen LogP) is 2.30. The first-order valence-electron chi connectivity index (χ1n) is 7.00. The third-order valence-electron chi connectivity index (χ3n) is 3.74. The fourth-order valence-corrected chi connectivity index (χ4v) is 2.60. The number of benzene rings is 1. The Bertz CT molecular complexity index is 571. The van der Waals surface area contributed by atoms with Crippen molar-refractivity contribution >= 4 is 17.2 Å². The quantitative estimate of drug-likeness (QED) is 0.907. The number of nitrogen functional groups attached to an aromatic ring is 1. The maximum atomic E-state index is 5.68. The van der Waals surface area contributed by atoms with E-state index in [4.69, 9.17) is 5.73 Å². The SMILES string of the molecule is Cc1cccc(N2CCN(c3ccc(N)cn3)CC2)c1. The molecule has 0 bridgehead atoms. The van der Waals surface area contributed by atoms with Crippen molar-refractivity contribution in [1.29, 1.82) is 0 Å². The van der Waals surface area contributed by atoms with E-state index >= 15 is 0 Å². The van der Waals surface area contributed by atoms with E-state index < -0.39 is 0 Å². The van der Waals surface area contributed by atoms with E-state index in [-0.39, 0.29) is 0 Å². The summed E-state index contributed by atoms with van der Waals surface area (Å²) >= 11 is 0. The Hall–Kier alpha value is -2.23. The molecule has 0 atom stereocenters. The van der Waals surface area contributed by atoms with Crippen molar-refractivity contribution in [1.82, 2.24) is 4.98 Å². The summed E-state index contributed by atoms with van der Waals surface area (Å²) in [5.74, 6) is 1.02. The molecule has 0 unspecified atom stereocenters. The van der Waals surface area contributed by atoms with Gasteiger partial charge in [-0.2, -0.15) is 0 Å². The number of pyridine rings is 1. The summed E-state index contributed by atoms with van der Waals surface area (Å²) in [6, 6.07) is 12.6. The van der Waals surface area contributed by atoms with Crippen molar-refractivity contribution in [3.63, 3.8) is 0 Å². The molecule has 1 aliphatic rings. The molecule has 1 aromatic carbocycles. The molecule has 2 aromatic rings. The highest BCUT2D eigenvalue weighted by atomic mass is 15.3. The molecular formula is C16H20N4. The molecule has 0 spiro atoms. The van der Waals surface area contributed by atoms with Crippen LogP contribution >= 0.6 is 0 Å². The molecule has 20 heavy (non-hydrogen) atoms. The van der Waals surface area contributed by atoms with E-state index in [1.165, 1.54) is 11.3 Å². The van der Waals surface area contributed by atoms with Crippen LogP contribution in [0.2, 0.25) is 0 Å². The lowest BCUT2D eigenvalue weighted by molar-refractivity contribution is 0.647. The van der Waals surface area contributed by atoms with Gasteiger partial charge in [0.25, 0.3) is 0 Å². The van der Waals surface area contributed by atoms with Crippen LogP contribution in [0.15, 0.2) is 42.6 Å². The number of anilines is 3. The van der Waals surface area contributed by atoms with E-state index in [2.05, 4.69) is 46.0 Å². The van der Waals surface area contributed by atoms with Crippen molar-refractivity contribution in [3.05, 3.63) is 48.2 Å². The van der Waals surface area contributed by atoms with Crippen molar-refractivity contribution in [2.75, 3.05) is 41.7 Å². The third-order valence-corrected chi connectivity index (χ3v) is 3.74. The average Bonchev–Trinajstić information content (AvgIpc) is 2.48. The fourth-order valence-electron chi connectivity index (χ4n) is 2.60. The first-order chi connectivity index (χ1) is 9.72. The summed E-state index contributed by atoms with van der Waals surface area (Å²) < 4.78 is 0. The zero-order chi connectivity index (χ0) is 13.9. The summed E-state index contributed by atoms with van der Waals surface area (Å²) in [6.07, 6.45) is 1.72. The van der Waals surface area contributed by atoms with Crippen molar-refractivity contribution < 1.29 is 0 Å². The Kier molecular flexibility index (Phi) is 3.46. The molecule has 0 aliphatic carbocycles. The molecule has 1 aliphatic heterocycles. The van der Waals surface area contributed by atoms with Crippen LogP contribution in [0.25, 0.3) is 0 Å². The smallest absolute Gasteiger partial charge is 0.128 e. The highest BCUT2D eigenvalue weighted by molar-refractivity contribution is 5.51. The highest BCUT2D eigenvalue weighted by Gasteiger charge is 2.18. The first-order valence-corrected chi connectivity index (χ1v) is 7.00. The van der Waals surface area contributed by atoms with Gasteiger partial charge in [0, 0.05) is 31.9 Å². The van der Waals surface area contributed by atoms with Crippen LogP contribution in [0, 0.1) is 6.92 Å². The molecule has 0 saturated carbocycles. The van der Waals surface area contributed by atoms with E-state index in [0.717, 1.165) is 32.0 Å². The van der Waals surface area contributed by atoms with Crippen LogP contribution in [0.3, 0.4) is 0 Å². The third kappa shape index (κ3) is 2.69. The van der Waals surface area contributed by atoms with Gasteiger partial charge in [-0.1, -0.05) is 12.1 Å². The maximum absolute atomic E-state index is 5.68. The number of aromatic nitrogens is 1. The zero-order valence-electron chi connectivity index (χ0n) is 11.8. The molecule has 4 nitrogen and oxygen atoms in total. The lowest BCUT2D eigenvalue weighted by Gasteiger charge is -2.36. The van der Waals surface area contributed by atoms with Gasteiger partial charge in [-0.05, 0) is 36.8 Å². The van der Waals surface area contributed by atoms with Crippen molar-refractivity contribution in [2.45, 2.75) is 6.92 Å². The van der Waals surface area contributed by atoms with Gasteiger partial charge in [0.05, 0.1) is 11.9 Å². The Morgan fingerprint density at radius 2 is 1.75 bits per heavy atom. The molecule has 1 saturated heterocycles. The van der Waals surface area contributed by atoms with Crippen molar-refractivity contribution in [3.8, 4) is 0 Å². The van der Waals surface area contributed by atoms with Gasteiger partial charge >= 0.3 is 0 Å². The van der Waals surface area contributed by atoms with Crippen LogP contribution < -0.4 is 15.5 Å². The topological polar surface area (TPSA) is 45.4 Å². The van der Waals surface area contributed by atoms with E-state index in [9.17, 15) is 0 Å². The molecule has 104 valence electrons. The maximum Gasteiger partial charge on any atom is 0.128 e. The van der Waals surface area contributed by atoms with Gasteiger partial charge in [-0.15, -0.1) is 0 Å². The standard InChI is InChI=1S/C16H20N4/c1-13-3-2-4-15(11-13)19-7-9-20(10-8-19)16-6-5-14(17)12-18-16/h2-6,11-12H,7-10,17H2,1H3. The second-order valence-electron chi connectivity index (χ2n) is 5.26. The van der Waals surface area contributed by atoms with Crippen LogP contribution in [0.1, 0.15) is 5.56 Å². The van der Waals surface area contributed by atoms with Gasteiger partial charge in [0.1, 0.15) is 5.82 Å². The van der Waals surface area contributed by atoms with E-state index in [1.54, 1.807) is 6.20 Å². The van der Waals surface area contributed by atoms with Crippen molar-refractivity contribution in [2.24, 2.45) is 0 Å². The summed E-state index contributed by atoms with van der Waals surface area (Å²) in [5, 5.41) is 0. The molecule has 2 heterocycles. The van der Waals surface area contributed by atoms with Crippen LogP contribution in [-0.2, 0) is 0 Å². The molecule has 1 aromatic heterocycles. The molecule has 3 rings (SSSR count). The Morgan fingerprint density at radius 1 is 1.00 bits per heavy atom. The van der Waals surface area contributed by atoms with Gasteiger partial charge in [-0.25, -0.2) is 4.98 Å². The van der Waals surface area contributed by atoms with Crippen LogP contribution in [0.5, 0.6) is 0 Å². The Labute approximate surface area is 119 Å². The normalized spacial score (nSPS) is 15.4. The van der Waals surface area contributed by atoms with E-state index in [0.29, 0.717) is 5.69 Å². The minimum atomic E-state index is 0.715. The van der Waals surface area contributed by atoms with E-state index in [1.807, 2.05) is 12.1 Å². The minimum Gasteiger partial charge on any atom is -0.397 e. The number of nitrogens with two attached hydrogens (primary N) is 1. The number of hydrogen-bond donors (Lipinski definition) is 1. The number of nitrogens with zero attached hydrogens (tertiary/aromatic N) is 3. The summed E-state index contributed by atoms with van der Waals surface area (Å²) in [6.45, 7) is 6.17. The lowest BCUT2D eigenvalue weighted by atomic mass is 10.2. The number of aryl methyl sites for hydroxylation is 1. The fraction of sp³-hybridized carbons (Fsp3) is 0.312. The largest absolute Gasteiger partial charge is 0.397 e. The second-order valence-corrected chi connectivity index (χ2v) is 5.26. The number of piperazine rings is 1. The Balaban J connectivity index is 1.66. The summed E-state index contributed by atoms with van der Waals surface area (Å²) in [7, 11) is 0. The molecule has 2 N–H and O–H groups in total. The van der Waals surface area contributed by atoms with Gasteiger partial charge in [-0.3, -0.25) is 0 Å². The van der Waals surface area contributed by atoms with Crippen LogP contribution in [-0.4, -0.2) is 31.2 Å². The minimum absolute atomic E-state index is 0.715. The summed E-state index contributed by atoms with van der Waals surface area (Å²) in [4.78, 5) is 9.14. The van der Waals surface area contributed by atoms with Gasteiger partial charge in [0.15, 0.2) is 0 Å². The molecular weight excluding hydrogens is 248 g/mol. The van der Waals surface area contributed by atoms with Crippen LogP contribution in [0.4, 0.5) is 17.2 Å². The molecule has 1 fully saturated rings. The number of hydrogen-bond acceptors (Lipinski definition) is 4. The average molecular weight is 268 g/mol. The molecule has 0 amide bonds. The zero-order valence-corrected chi connectivity index (χ0v) is 11.8. The number of rotatable bonds is 2. The highest BCUT2D eigenvalue weighted by Crippen LogP contribution is 2.20.